The van der Waals surface area contributed by atoms with Crippen molar-refractivity contribution in [2.75, 3.05) is 6.61 Å². The fourth-order valence-electron chi connectivity index (χ4n) is 2.65. The van der Waals surface area contributed by atoms with Gasteiger partial charge in [0.15, 0.2) is 5.65 Å². The molecule has 4 heteroatoms. The minimum atomic E-state index is 0.165. The van der Waals surface area contributed by atoms with E-state index in [1.165, 1.54) is 11.1 Å². The quantitative estimate of drug-likeness (QED) is 0.802. The van der Waals surface area contributed by atoms with Crippen LogP contribution in [0, 0.1) is 20.8 Å². The second-order valence-electron chi connectivity index (χ2n) is 5.82. The summed E-state index contributed by atoms with van der Waals surface area (Å²) in [6, 6.07) is 8.45. The van der Waals surface area contributed by atoms with Crippen LogP contribution >= 0.6 is 0 Å². The molecule has 1 N–H and O–H groups in total. The lowest BCUT2D eigenvalue weighted by molar-refractivity contribution is 0.280. The molecule has 0 saturated carbocycles. The third kappa shape index (κ3) is 2.62. The lowest BCUT2D eigenvalue weighted by Gasteiger charge is -2.09. The Hall–Kier alpha value is -2.20. The van der Waals surface area contributed by atoms with E-state index in [-0.39, 0.29) is 6.61 Å². The number of aromatic nitrogens is 3. The molecule has 0 amide bonds. The first kappa shape index (κ1) is 14.7. The number of pyridine rings is 1. The largest absolute Gasteiger partial charge is 0.396 e. The zero-order valence-corrected chi connectivity index (χ0v) is 13.3. The van der Waals surface area contributed by atoms with Crippen molar-refractivity contribution >= 4 is 11.2 Å². The monoisotopic (exact) mass is 295 g/mol. The molecule has 0 unspecified atom stereocenters. The summed E-state index contributed by atoms with van der Waals surface area (Å²) in [5.41, 5.74) is 6.51. The zero-order chi connectivity index (χ0) is 15.7. The summed E-state index contributed by atoms with van der Waals surface area (Å²) in [5.74, 6) is 0.921. The molecular weight excluding hydrogens is 274 g/mol. The molecule has 2 aromatic heterocycles. The minimum absolute atomic E-state index is 0.165. The molecule has 0 fully saturated rings. The average molecular weight is 295 g/mol. The predicted octanol–water partition coefficient (Wildman–Crippen LogP) is 3.41. The molecule has 0 bridgehead atoms. The first-order valence-electron chi connectivity index (χ1n) is 7.61. The fraction of sp³-hybridized carbons (Fsp3) is 0.333. The Balaban J connectivity index is 2.19. The van der Waals surface area contributed by atoms with E-state index in [4.69, 9.17) is 10.1 Å². The molecule has 0 radical (unpaired) electrons. The van der Waals surface area contributed by atoms with Gasteiger partial charge in [-0.3, -0.25) is 0 Å². The van der Waals surface area contributed by atoms with Crippen LogP contribution in [0.25, 0.3) is 22.6 Å². The van der Waals surface area contributed by atoms with Crippen LogP contribution in [0.1, 0.15) is 23.1 Å². The van der Waals surface area contributed by atoms with Gasteiger partial charge in [0.05, 0.1) is 0 Å². The molecule has 0 aliphatic carbocycles. The molecule has 0 saturated heterocycles. The van der Waals surface area contributed by atoms with Crippen molar-refractivity contribution in [1.29, 1.82) is 0 Å². The highest BCUT2D eigenvalue weighted by molar-refractivity contribution is 5.77. The van der Waals surface area contributed by atoms with Gasteiger partial charge in [-0.2, -0.15) is 0 Å². The highest BCUT2D eigenvalue weighted by Crippen LogP contribution is 2.26. The van der Waals surface area contributed by atoms with Crippen LogP contribution in [0.4, 0.5) is 0 Å². The highest BCUT2D eigenvalue weighted by Gasteiger charge is 2.14. The average Bonchev–Trinajstić information content (AvgIpc) is 2.85. The van der Waals surface area contributed by atoms with Crippen LogP contribution in [-0.2, 0) is 6.54 Å². The van der Waals surface area contributed by atoms with Crippen molar-refractivity contribution in [2.45, 2.75) is 33.7 Å². The van der Waals surface area contributed by atoms with E-state index in [2.05, 4.69) is 47.7 Å². The van der Waals surface area contributed by atoms with Gasteiger partial charge in [0.2, 0.25) is 0 Å². The number of hydrogen-bond donors (Lipinski definition) is 1. The Labute approximate surface area is 130 Å². The van der Waals surface area contributed by atoms with E-state index in [9.17, 15) is 0 Å². The molecule has 114 valence electrons. The lowest BCUT2D eigenvalue weighted by atomic mass is 10.1. The van der Waals surface area contributed by atoms with Gasteiger partial charge in [0.25, 0.3) is 0 Å². The summed E-state index contributed by atoms with van der Waals surface area (Å²) in [4.78, 5) is 9.32. The third-order valence-corrected chi connectivity index (χ3v) is 4.03. The summed E-state index contributed by atoms with van der Waals surface area (Å²) in [6.45, 7) is 7.12. The van der Waals surface area contributed by atoms with Crippen molar-refractivity contribution in [2.24, 2.45) is 0 Å². The van der Waals surface area contributed by atoms with Gasteiger partial charge in [0, 0.05) is 24.9 Å². The molecule has 2 heterocycles. The molecule has 3 rings (SSSR count). The van der Waals surface area contributed by atoms with Crippen molar-refractivity contribution in [3.05, 3.63) is 47.2 Å². The maximum atomic E-state index is 9.17. The van der Waals surface area contributed by atoms with Gasteiger partial charge >= 0.3 is 0 Å². The Morgan fingerprint density at radius 3 is 2.64 bits per heavy atom. The van der Waals surface area contributed by atoms with Crippen molar-refractivity contribution in [1.82, 2.24) is 14.5 Å². The Morgan fingerprint density at radius 1 is 1.09 bits per heavy atom. The smallest absolute Gasteiger partial charge is 0.160 e. The van der Waals surface area contributed by atoms with Gasteiger partial charge < -0.3 is 9.67 Å². The lowest BCUT2D eigenvalue weighted by Crippen LogP contribution is -2.03. The number of rotatable bonds is 4. The van der Waals surface area contributed by atoms with Crippen molar-refractivity contribution in [3.8, 4) is 11.4 Å². The van der Waals surface area contributed by atoms with Gasteiger partial charge in [-0.25, -0.2) is 9.97 Å². The third-order valence-electron chi connectivity index (χ3n) is 4.03. The second-order valence-corrected chi connectivity index (χ2v) is 5.82. The zero-order valence-electron chi connectivity index (χ0n) is 13.3. The molecule has 0 aliphatic rings. The van der Waals surface area contributed by atoms with Gasteiger partial charge in [-0.05, 0) is 56.0 Å². The molecule has 0 aliphatic heterocycles. The highest BCUT2D eigenvalue weighted by atomic mass is 16.3. The Bertz CT molecular complexity index is 821. The van der Waals surface area contributed by atoms with Crippen molar-refractivity contribution in [3.63, 3.8) is 0 Å². The predicted molar refractivity (Wildman–Crippen MR) is 88.9 cm³/mol. The number of fused-ring (bicyclic) bond motifs is 1. The molecule has 0 spiro atoms. The normalized spacial score (nSPS) is 11.3. The van der Waals surface area contributed by atoms with Gasteiger partial charge in [-0.1, -0.05) is 12.1 Å². The van der Waals surface area contributed by atoms with Crippen LogP contribution < -0.4 is 0 Å². The SMILES string of the molecule is Cc1cnc2c(c1)nc(-c1ccc(C)c(C)c1)n2CCCO. The number of aryl methyl sites for hydroxylation is 4. The standard InChI is InChI=1S/C18H21N3O/c1-12-9-16-18(19-11-12)21(7-4-8-22)17(20-16)15-6-5-13(2)14(3)10-15/h5-6,9-11,22H,4,7-8H2,1-3H3. The Kier molecular flexibility index (Phi) is 3.94. The number of hydrogen-bond acceptors (Lipinski definition) is 3. The first-order valence-corrected chi connectivity index (χ1v) is 7.61. The number of aliphatic hydroxyl groups excluding tert-OH is 1. The molecule has 22 heavy (non-hydrogen) atoms. The summed E-state index contributed by atoms with van der Waals surface area (Å²) in [6.07, 6.45) is 2.56. The van der Waals surface area contributed by atoms with Crippen LogP contribution in [0.5, 0.6) is 0 Å². The maximum Gasteiger partial charge on any atom is 0.160 e. The van der Waals surface area contributed by atoms with Gasteiger partial charge in [-0.15, -0.1) is 0 Å². The van der Waals surface area contributed by atoms with E-state index in [0.29, 0.717) is 13.0 Å². The number of nitrogens with zero attached hydrogens (tertiary/aromatic N) is 3. The van der Waals surface area contributed by atoms with Crippen LogP contribution in [0.3, 0.4) is 0 Å². The number of aliphatic hydroxyl groups is 1. The molecule has 3 aromatic rings. The number of benzene rings is 1. The summed E-state index contributed by atoms with van der Waals surface area (Å²) < 4.78 is 2.11. The molecule has 1 aromatic carbocycles. The van der Waals surface area contributed by atoms with Crippen LogP contribution in [-0.4, -0.2) is 26.2 Å². The molecular formula is C18H21N3O. The van der Waals surface area contributed by atoms with E-state index < -0.39 is 0 Å². The second kappa shape index (κ2) is 5.89. The van der Waals surface area contributed by atoms with Crippen molar-refractivity contribution < 1.29 is 5.11 Å². The summed E-state index contributed by atoms with van der Waals surface area (Å²) >= 11 is 0. The molecule has 0 atom stereocenters. The fourth-order valence-corrected chi connectivity index (χ4v) is 2.65. The molecule has 4 nitrogen and oxygen atoms in total. The van der Waals surface area contributed by atoms with Crippen LogP contribution in [0.2, 0.25) is 0 Å². The topological polar surface area (TPSA) is 50.9 Å². The summed E-state index contributed by atoms with van der Waals surface area (Å²) in [7, 11) is 0. The van der Waals surface area contributed by atoms with E-state index in [1.807, 2.05) is 13.1 Å². The van der Waals surface area contributed by atoms with Crippen LogP contribution in [0.15, 0.2) is 30.5 Å². The first-order chi connectivity index (χ1) is 10.6. The Morgan fingerprint density at radius 2 is 1.91 bits per heavy atom. The maximum absolute atomic E-state index is 9.17. The van der Waals surface area contributed by atoms with E-state index >= 15 is 0 Å². The van der Waals surface area contributed by atoms with E-state index in [1.54, 1.807) is 0 Å². The van der Waals surface area contributed by atoms with Gasteiger partial charge in [0.1, 0.15) is 11.3 Å². The number of imidazole rings is 1. The minimum Gasteiger partial charge on any atom is -0.396 e. The van der Waals surface area contributed by atoms with E-state index in [0.717, 1.165) is 28.1 Å². The summed E-state index contributed by atoms with van der Waals surface area (Å²) in [5, 5.41) is 9.17.